The van der Waals surface area contributed by atoms with Crippen LogP contribution in [0, 0.1) is 0 Å². The van der Waals surface area contributed by atoms with Crippen molar-refractivity contribution >= 4 is 23.2 Å². The molecule has 0 saturated heterocycles. The van der Waals surface area contributed by atoms with Crippen LogP contribution in [0.25, 0.3) is 0 Å². The van der Waals surface area contributed by atoms with Crippen molar-refractivity contribution in [3.63, 3.8) is 0 Å². The average Bonchev–Trinajstić information content (AvgIpc) is 2.08. The summed E-state index contributed by atoms with van der Waals surface area (Å²) in [5, 5.41) is 0.364. The van der Waals surface area contributed by atoms with E-state index in [9.17, 15) is 13.2 Å². The van der Waals surface area contributed by atoms with E-state index in [-0.39, 0.29) is 5.75 Å². The number of rotatable bonds is 3. The number of ether oxygens (including phenoxy) is 1. The second kappa shape index (κ2) is 4.28. The van der Waals surface area contributed by atoms with E-state index in [4.69, 9.17) is 11.6 Å². The molecule has 1 rings (SSSR count). The predicted molar refractivity (Wildman–Crippen MR) is 47.8 cm³/mol. The van der Waals surface area contributed by atoms with Crippen molar-refractivity contribution < 1.29 is 17.9 Å². The Kier molecular flexibility index (Phi) is 3.50. The summed E-state index contributed by atoms with van der Waals surface area (Å²) in [4.78, 5) is 0. The molecule has 6 heteroatoms. The van der Waals surface area contributed by atoms with Crippen LogP contribution in [0.5, 0.6) is 5.75 Å². The summed E-state index contributed by atoms with van der Waals surface area (Å²) in [5.41, 5.74) is -2.89. The first-order valence-electron chi connectivity index (χ1n) is 3.52. The Morgan fingerprint density at radius 1 is 1.21 bits per heavy atom. The average molecular weight is 245 g/mol. The first-order chi connectivity index (χ1) is 6.42. The molecular weight excluding hydrogens is 240 g/mol. The van der Waals surface area contributed by atoms with Gasteiger partial charge in [-0.3, -0.25) is 0 Å². The van der Waals surface area contributed by atoms with E-state index in [1.165, 1.54) is 24.3 Å². The van der Waals surface area contributed by atoms with Crippen LogP contribution in [0.1, 0.15) is 0 Å². The summed E-state index contributed by atoms with van der Waals surface area (Å²) in [7, 11) is 0. The third kappa shape index (κ3) is 2.96. The van der Waals surface area contributed by atoms with Crippen LogP contribution in [-0.2, 0) is 0 Å². The number of benzene rings is 1. The quantitative estimate of drug-likeness (QED) is 0.735. The molecule has 1 unspecified atom stereocenters. The molecule has 0 radical (unpaired) electrons. The van der Waals surface area contributed by atoms with Gasteiger partial charge in [0.1, 0.15) is 5.75 Å². The largest absolute Gasteiger partial charge is 0.444 e. The van der Waals surface area contributed by atoms with Crippen molar-refractivity contribution in [1.82, 2.24) is 0 Å². The van der Waals surface area contributed by atoms with E-state index in [0.717, 1.165) is 0 Å². The zero-order valence-electron chi connectivity index (χ0n) is 6.68. The van der Waals surface area contributed by atoms with Gasteiger partial charge in [0.05, 0.1) is 0 Å². The minimum atomic E-state index is -4.05. The highest BCUT2D eigenvalue weighted by Gasteiger charge is 2.42. The number of halogens is 5. The molecule has 1 aromatic rings. The maximum Gasteiger partial charge on any atom is 0.444 e. The Labute approximate surface area is 88.4 Å². The summed E-state index contributed by atoms with van der Waals surface area (Å²) < 4.78 is 41.3. The molecule has 0 spiro atoms. The molecule has 0 fully saturated rings. The van der Waals surface area contributed by atoms with Gasteiger partial charge in [-0.25, -0.2) is 4.39 Å². The van der Waals surface area contributed by atoms with Crippen molar-refractivity contribution in [2.24, 2.45) is 0 Å². The molecular formula is C8H5Cl2F3O. The normalized spacial score (nSPS) is 13.8. The minimum absolute atomic E-state index is 0.206. The van der Waals surface area contributed by atoms with E-state index >= 15 is 0 Å². The van der Waals surface area contributed by atoms with Gasteiger partial charge in [-0.05, 0) is 24.3 Å². The molecule has 0 heterocycles. The fraction of sp³-hybridized carbons (Fsp3) is 0.250. The highest BCUT2D eigenvalue weighted by molar-refractivity contribution is 6.30. The van der Waals surface area contributed by atoms with E-state index in [0.29, 0.717) is 5.02 Å². The molecule has 0 aliphatic heterocycles. The molecule has 1 aromatic carbocycles. The maximum atomic E-state index is 12.6. The van der Waals surface area contributed by atoms with Crippen LogP contribution in [0.3, 0.4) is 0 Å². The Balaban J connectivity index is 2.74. The highest BCUT2D eigenvalue weighted by Crippen LogP contribution is 2.29. The van der Waals surface area contributed by atoms with Crippen LogP contribution in [-0.4, -0.2) is 11.7 Å². The molecule has 0 amide bonds. The zero-order valence-corrected chi connectivity index (χ0v) is 8.20. The van der Waals surface area contributed by atoms with Crippen molar-refractivity contribution in [3.8, 4) is 5.75 Å². The fourth-order valence-electron chi connectivity index (χ4n) is 0.704. The Bertz CT molecular complexity index is 300. The van der Waals surface area contributed by atoms with Gasteiger partial charge in [0.25, 0.3) is 5.63 Å². The van der Waals surface area contributed by atoms with Gasteiger partial charge in [-0.15, -0.1) is 0 Å². The molecule has 0 aliphatic carbocycles. The molecule has 0 bridgehead atoms. The SMILES string of the molecule is FC(Cl)C(F)(F)Oc1ccc(Cl)cc1. The lowest BCUT2D eigenvalue weighted by Crippen LogP contribution is -2.32. The van der Waals surface area contributed by atoms with Gasteiger partial charge >= 0.3 is 6.11 Å². The van der Waals surface area contributed by atoms with Crippen molar-refractivity contribution in [2.45, 2.75) is 11.7 Å². The Morgan fingerprint density at radius 2 is 1.71 bits per heavy atom. The van der Waals surface area contributed by atoms with Crippen LogP contribution >= 0.6 is 23.2 Å². The molecule has 1 atom stereocenters. The molecule has 78 valence electrons. The second-order valence-electron chi connectivity index (χ2n) is 2.42. The maximum absolute atomic E-state index is 12.6. The monoisotopic (exact) mass is 244 g/mol. The summed E-state index contributed by atoms with van der Waals surface area (Å²) >= 11 is 10.1. The molecule has 0 aliphatic rings. The fourth-order valence-corrected chi connectivity index (χ4v) is 0.875. The molecule has 0 N–H and O–H groups in total. The smallest absolute Gasteiger partial charge is 0.429 e. The van der Waals surface area contributed by atoms with Crippen molar-refractivity contribution in [2.75, 3.05) is 0 Å². The molecule has 0 aromatic heterocycles. The first-order valence-corrected chi connectivity index (χ1v) is 4.34. The third-order valence-corrected chi connectivity index (χ3v) is 1.83. The van der Waals surface area contributed by atoms with Gasteiger partial charge < -0.3 is 4.74 Å². The number of hydrogen-bond donors (Lipinski definition) is 0. The van der Waals surface area contributed by atoms with Gasteiger partial charge in [0, 0.05) is 5.02 Å². The number of hydrogen-bond acceptors (Lipinski definition) is 1. The lowest BCUT2D eigenvalue weighted by molar-refractivity contribution is -0.199. The van der Waals surface area contributed by atoms with Crippen LogP contribution < -0.4 is 4.74 Å². The standard InChI is InChI=1S/C8H5Cl2F3O/c9-5-1-3-6(4-2-5)14-8(12,13)7(10)11/h1-4,7H. The van der Waals surface area contributed by atoms with Crippen molar-refractivity contribution in [3.05, 3.63) is 29.3 Å². The van der Waals surface area contributed by atoms with Gasteiger partial charge in [-0.2, -0.15) is 8.78 Å². The lowest BCUT2D eigenvalue weighted by atomic mass is 10.3. The Hall–Kier alpha value is -0.610. The van der Waals surface area contributed by atoms with Gasteiger partial charge in [0.15, 0.2) is 0 Å². The van der Waals surface area contributed by atoms with Crippen LogP contribution in [0.2, 0.25) is 5.02 Å². The molecule has 1 nitrogen and oxygen atoms in total. The highest BCUT2D eigenvalue weighted by atomic mass is 35.5. The van der Waals surface area contributed by atoms with Crippen LogP contribution in [0.15, 0.2) is 24.3 Å². The first kappa shape index (κ1) is 11.5. The second-order valence-corrected chi connectivity index (χ2v) is 3.24. The zero-order chi connectivity index (χ0) is 10.8. The summed E-state index contributed by atoms with van der Waals surface area (Å²) in [6, 6.07) is 5.06. The van der Waals surface area contributed by atoms with E-state index in [2.05, 4.69) is 16.3 Å². The third-order valence-electron chi connectivity index (χ3n) is 1.32. The van der Waals surface area contributed by atoms with Crippen molar-refractivity contribution in [1.29, 1.82) is 0 Å². The van der Waals surface area contributed by atoms with E-state index < -0.39 is 11.7 Å². The summed E-state index contributed by atoms with van der Waals surface area (Å²) in [6.45, 7) is 0. The summed E-state index contributed by atoms with van der Waals surface area (Å²) in [6.07, 6.45) is -4.05. The predicted octanol–water partition coefficient (Wildman–Crippen LogP) is 3.85. The topological polar surface area (TPSA) is 9.23 Å². The minimum Gasteiger partial charge on any atom is -0.429 e. The summed E-state index contributed by atoms with van der Waals surface area (Å²) in [5.74, 6) is -0.206. The van der Waals surface area contributed by atoms with Gasteiger partial charge in [-0.1, -0.05) is 23.2 Å². The molecule has 0 saturated carbocycles. The number of alkyl halides is 4. The van der Waals surface area contributed by atoms with E-state index in [1.54, 1.807) is 0 Å². The van der Waals surface area contributed by atoms with E-state index in [1.807, 2.05) is 0 Å². The van der Waals surface area contributed by atoms with Gasteiger partial charge in [0.2, 0.25) is 0 Å². The Morgan fingerprint density at radius 3 is 2.14 bits per heavy atom. The molecule has 14 heavy (non-hydrogen) atoms. The lowest BCUT2D eigenvalue weighted by Gasteiger charge is -2.17. The van der Waals surface area contributed by atoms with Crippen LogP contribution in [0.4, 0.5) is 13.2 Å².